The fraction of sp³-hybridized carbons (Fsp3) is 0.346. The summed E-state index contributed by atoms with van der Waals surface area (Å²) < 4.78 is 10.7. The molecule has 0 aliphatic carbocycles. The number of hydrogen-bond acceptors (Lipinski definition) is 7. The Balaban J connectivity index is 1.33. The van der Waals surface area contributed by atoms with E-state index in [1.54, 1.807) is 17.9 Å². The van der Waals surface area contributed by atoms with E-state index in [1.807, 2.05) is 54.6 Å². The molecular formula is C26H28N2O5. The van der Waals surface area contributed by atoms with Gasteiger partial charge in [-0.15, -0.1) is 0 Å². The highest BCUT2D eigenvalue weighted by Gasteiger charge is 2.34. The second kappa shape index (κ2) is 10.6. The summed E-state index contributed by atoms with van der Waals surface area (Å²) in [6, 6.07) is 19.1. The summed E-state index contributed by atoms with van der Waals surface area (Å²) in [6.07, 6.45) is 0.474. The van der Waals surface area contributed by atoms with Crippen molar-refractivity contribution in [3.05, 3.63) is 77.7 Å². The molecule has 1 aromatic heterocycles. The average molecular weight is 449 g/mol. The SMILES string of the molecule is Cc1cc(CC(=O)CN2C[C@H](O)CC[C@H]2C(=O)OCc2ccc(-c3ccccc3)cc2)on1. The Bertz CT molecular complexity index is 1080. The van der Waals surface area contributed by atoms with Gasteiger partial charge in [0.25, 0.3) is 0 Å². The molecule has 1 aliphatic rings. The van der Waals surface area contributed by atoms with Crippen molar-refractivity contribution < 1.29 is 24.0 Å². The van der Waals surface area contributed by atoms with E-state index in [2.05, 4.69) is 5.16 Å². The largest absolute Gasteiger partial charge is 0.460 e. The highest BCUT2D eigenvalue weighted by Crippen LogP contribution is 2.22. The van der Waals surface area contributed by atoms with Crippen LogP contribution in [0.5, 0.6) is 0 Å². The highest BCUT2D eigenvalue weighted by atomic mass is 16.5. The molecule has 7 nitrogen and oxygen atoms in total. The number of hydrogen-bond donors (Lipinski definition) is 1. The maximum Gasteiger partial charge on any atom is 0.323 e. The number of likely N-dealkylation sites (tertiary alicyclic amines) is 1. The van der Waals surface area contributed by atoms with Gasteiger partial charge in [0.2, 0.25) is 0 Å². The summed E-state index contributed by atoms with van der Waals surface area (Å²) in [5.74, 6) is 0.0139. The Morgan fingerprint density at radius 2 is 1.82 bits per heavy atom. The normalized spacial score (nSPS) is 18.7. The lowest BCUT2D eigenvalue weighted by atomic mass is 9.99. The van der Waals surface area contributed by atoms with E-state index in [9.17, 15) is 14.7 Å². The molecule has 7 heteroatoms. The lowest BCUT2D eigenvalue weighted by molar-refractivity contribution is -0.154. The quantitative estimate of drug-likeness (QED) is 0.529. The van der Waals surface area contributed by atoms with Crippen molar-refractivity contribution in [2.45, 2.75) is 44.9 Å². The molecule has 0 unspecified atom stereocenters. The number of ketones is 1. The van der Waals surface area contributed by atoms with Crippen LogP contribution in [0.3, 0.4) is 0 Å². The van der Waals surface area contributed by atoms with Crippen LogP contribution in [0.15, 0.2) is 65.2 Å². The fourth-order valence-corrected chi connectivity index (χ4v) is 4.11. The van der Waals surface area contributed by atoms with Crippen LogP contribution in [0.25, 0.3) is 11.1 Å². The standard InChI is InChI=1S/C26H28N2O5/c1-18-13-24(33-27-18)14-23(30)16-28-15-22(29)11-12-25(28)26(31)32-17-19-7-9-21(10-8-19)20-5-3-2-4-6-20/h2-10,13,22,25,29H,11-12,14-17H2,1H3/t22-,25+/m1/s1. The predicted molar refractivity (Wildman–Crippen MR) is 122 cm³/mol. The first-order valence-electron chi connectivity index (χ1n) is 11.1. The van der Waals surface area contributed by atoms with Gasteiger partial charge in [-0.05, 0) is 36.5 Å². The molecule has 2 aromatic carbocycles. The van der Waals surface area contributed by atoms with Gasteiger partial charge in [-0.1, -0.05) is 59.8 Å². The number of piperidine rings is 1. The van der Waals surface area contributed by atoms with Crippen LogP contribution in [-0.2, 0) is 27.4 Å². The van der Waals surface area contributed by atoms with Crippen LogP contribution in [0.4, 0.5) is 0 Å². The predicted octanol–water partition coefficient (Wildman–Crippen LogP) is 3.33. The minimum absolute atomic E-state index is 0.0440. The number of aliphatic hydroxyl groups is 1. The molecule has 0 spiro atoms. The molecular weight excluding hydrogens is 420 g/mol. The summed E-state index contributed by atoms with van der Waals surface area (Å²) in [5.41, 5.74) is 3.83. The van der Waals surface area contributed by atoms with Crippen molar-refractivity contribution in [1.82, 2.24) is 10.1 Å². The van der Waals surface area contributed by atoms with Crippen LogP contribution in [0.2, 0.25) is 0 Å². The summed E-state index contributed by atoms with van der Waals surface area (Å²) in [4.78, 5) is 27.1. The molecule has 4 rings (SSSR count). The zero-order valence-corrected chi connectivity index (χ0v) is 18.6. The number of nitrogens with zero attached hydrogens (tertiary/aromatic N) is 2. The Kier molecular flexibility index (Phi) is 7.32. The third-order valence-corrected chi connectivity index (χ3v) is 5.80. The van der Waals surface area contributed by atoms with Crippen molar-refractivity contribution >= 4 is 11.8 Å². The fourth-order valence-electron chi connectivity index (χ4n) is 4.11. The number of carbonyl (C=O) groups excluding carboxylic acids is 2. The molecule has 172 valence electrons. The molecule has 0 bridgehead atoms. The van der Waals surface area contributed by atoms with Crippen LogP contribution < -0.4 is 0 Å². The van der Waals surface area contributed by atoms with Crippen molar-refractivity contribution in [3.63, 3.8) is 0 Å². The van der Waals surface area contributed by atoms with E-state index in [0.29, 0.717) is 24.3 Å². The number of aromatic nitrogens is 1. The van der Waals surface area contributed by atoms with E-state index in [-0.39, 0.29) is 37.9 Å². The van der Waals surface area contributed by atoms with Gasteiger partial charge in [-0.3, -0.25) is 14.5 Å². The van der Waals surface area contributed by atoms with E-state index in [0.717, 1.165) is 16.7 Å². The molecule has 33 heavy (non-hydrogen) atoms. The van der Waals surface area contributed by atoms with Crippen LogP contribution in [-0.4, -0.2) is 52.2 Å². The average Bonchev–Trinajstić information content (AvgIpc) is 3.22. The van der Waals surface area contributed by atoms with E-state index in [4.69, 9.17) is 9.26 Å². The first-order valence-corrected chi connectivity index (χ1v) is 11.1. The maximum absolute atomic E-state index is 12.8. The second-order valence-electron chi connectivity index (χ2n) is 8.50. The van der Waals surface area contributed by atoms with Crippen molar-refractivity contribution in [2.75, 3.05) is 13.1 Å². The zero-order valence-electron chi connectivity index (χ0n) is 18.6. The van der Waals surface area contributed by atoms with Crippen LogP contribution >= 0.6 is 0 Å². The van der Waals surface area contributed by atoms with Gasteiger partial charge in [0, 0.05) is 12.6 Å². The minimum Gasteiger partial charge on any atom is -0.460 e. The lowest BCUT2D eigenvalue weighted by Crippen LogP contribution is -2.51. The van der Waals surface area contributed by atoms with Crippen LogP contribution in [0.1, 0.15) is 29.9 Å². The number of benzene rings is 2. The monoisotopic (exact) mass is 448 g/mol. The van der Waals surface area contributed by atoms with E-state index < -0.39 is 12.1 Å². The number of rotatable bonds is 8. The molecule has 0 saturated carbocycles. The molecule has 0 amide bonds. The van der Waals surface area contributed by atoms with Gasteiger partial charge < -0.3 is 14.4 Å². The summed E-state index contributed by atoms with van der Waals surface area (Å²) in [5, 5.41) is 13.9. The molecule has 3 aromatic rings. The van der Waals surface area contributed by atoms with Gasteiger partial charge >= 0.3 is 5.97 Å². The Morgan fingerprint density at radius 1 is 1.09 bits per heavy atom. The molecule has 1 fully saturated rings. The third kappa shape index (κ3) is 6.15. The van der Waals surface area contributed by atoms with Gasteiger partial charge in [-0.25, -0.2) is 0 Å². The number of esters is 1. The van der Waals surface area contributed by atoms with E-state index >= 15 is 0 Å². The highest BCUT2D eigenvalue weighted by molar-refractivity contribution is 5.83. The first-order chi connectivity index (χ1) is 16.0. The second-order valence-corrected chi connectivity index (χ2v) is 8.50. The molecule has 1 N–H and O–H groups in total. The van der Waals surface area contributed by atoms with Gasteiger partial charge in [0.05, 0.1) is 24.8 Å². The third-order valence-electron chi connectivity index (χ3n) is 5.80. The first kappa shape index (κ1) is 22.9. The van der Waals surface area contributed by atoms with Crippen molar-refractivity contribution in [1.29, 1.82) is 0 Å². The molecule has 0 radical (unpaired) electrons. The number of aliphatic hydroxyl groups excluding tert-OH is 1. The number of β-amino-alcohol motifs (C(OH)–C–C–N with tert-alkyl or cyclic N) is 1. The Labute approximate surface area is 193 Å². The van der Waals surface area contributed by atoms with Gasteiger partial charge in [0.15, 0.2) is 5.78 Å². The molecule has 2 heterocycles. The smallest absolute Gasteiger partial charge is 0.323 e. The van der Waals surface area contributed by atoms with Crippen molar-refractivity contribution in [2.24, 2.45) is 0 Å². The van der Waals surface area contributed by atoms with Gasteiger partial charge in [0.1, 0.15) is 18.4 Å². The molecule has 2 atom stereocenters. The Hall–Kier alpha value is -3.29. The van der Waals surface area contributed by atoms with Crippen molar-refractivity contribution in [3.8, 4) is 11.1 Å². The topological polar surface area (TPSA) is 92.9 Å². The minimum atomic E-state index is -0.570. The number of ether oxygens (including phenoxy) is 1. The summed E-state index contributed by atoms with van der Waals surface area (Å²) in [7, 11) is 0. The van der Waals surface area contributed by atoms with Gasteiger partial charge in [-0.2, -0.15) is 0 Å². The maximum atomic E-state index is 12.8. The lowest BCUT2D eigenvalue weighted by Gasteiger charge is -2.35. The molecule has 1 saturated heterocycles. The van der Waals surface area contributed by atoms with Crippen LogP contribution in [0, 0.1) is 6.92 Å². The number of aryl methyl sites for hydroxylation is 1. The summed E-state index contributed by atoms with van der Waals surface area (Å²) >= 11 is 0. The zero-order chi connectivity index (χ0) is 23.2. The summed E-state index contributed by atoms with van der Waals surface area (Å²) in [6.45, 7) is 2.25. The number of Topliss-reactive ketones (excluding diaryl/α,β-unsaturated/α-hetero) is 1. The molecule has 1 aliphatic heterocycles. The van der Waals surface area contributed by atoms with E-state index in [1.165, 1.54) is 0 Å². The Morgan fingerprint density at radius 3 is 2.52 bits per heavy atom. The number of carbonyl (C=O) groups is 2.